The first-order valence-corrected chi connectivity index (χ1v) is 8.96. The van der Waals surface area contributed by atoms with Crippen molar-refractivity contribution in [2.75, 3.05) is 6.61 Å². The highest BCUT2D eigenvalue weighted by atomic mass is 32.2. The summed E-state index contributed by atoms with van der Waals surface area (Å²) in [6, 6.07) is 7.07. The Balaban J connectivity index is 2.04. The maximum atomic E-state index is 11.2. The molecule has 1 saturated carbocycles. The lowest BCUT2D eigenvalue weighted by Crippen LogP contribution is -2.41. The third-order valence-corrected chi connectivity index (χ3v) is 5.25. The molecule has 0 spiro atoms. The van der Waals surface area contributed by atoms with Gasteiger partial charge in [-0.25, -0.2) is 13.6 Å². The maximum absolute atomic E-state index is 11.2. The highest BCUT2D eigenvalue weighted by molar-refractivity contribution is 7.89. The van der Waals surface area contributed by atoms with E-state index in [1.165, 1.54) is 25.0 Å². The van der Waals surface area contributed by atoms with Crippen molar-refractivity contribution in [1.29, 1.82) is 0 Å². The highest BCUT2D eigenvalue weighted by Crippen LogP contribution is 2.26. The zero-order valence-electron chi connectivity index (χ0n) is 12.3. The van der Waals surface area contributed by atoms with Crippen LogP contribution >= 0.6 is 0 Å². The first kappa shape index (κ1) is 16.4. The number of benzene rings is 1. The maximum Gasteiger partial charge on any atom is 0.238 e. The molecule has 5 nitrogen and oxygen atoms in total. The van der Waals surface area contributed by atoms with Crippen LogP contribution in [0, 0.1) is 5.92 Å². The lowest BCUT2D eigenvalue weighted by Gasteiger charge is -2.33. The second kappa shape index (κ2) is 6.87. The van der Waals surface area contributed by atoms with E-state index in [-0.39, 0.29) is 17.5 Å². The van der Waals surface area contributed by atoms with Crippen molar-refractivity contribution >= 4 is 10.0 Å². The van der Waals surface area contributed by atoms with E-state index in [2.05, 4.69) is 12.2 Å². The molecule has 1 aromatic rings. The van der Waals surface area contributed by atoms with Gasteiger partial charge >= 0.3 is 0 Å². The zero-order valence-corrected chi connectivity index (χ0v) is 13.1. The number of aliphatic hydroxyl groups excluding tert-OH is 1. The van der Waals surface area contributed by atoms with Crippen molar-refractivity contribution in [3.63, 3.8) is 0 Å². The Morgan fingerprint density at radius 1 is 1.29 bits per heavy atom. The molecular weight excluding hydrogens is 288 g/mol. The fourth-order valence-electron chi connectivity index (χ4n) is 3.01. The standard InChI is InChI=1S/C15H24N2O3S/c1-11(17-15-5-3-2-4-13(15)10-18)12-6-8-14(9-7-12)21(16,19)20/h6-9,11,13,15,17-18H,2-5,10H2,1H3,(H2,16,19,20). The molecule has 0 bridgehead atoms. The normalized spacial score (nSPS) is 24.7. The van der Waals surface area contributed by atoms with Gasteiger partial charge in [-0.15, -0.1) is 0 Å². The second-order valence-electron chi connectivity index (χ2n) is 5.84. The predicted molar refractivity (Wildman–Crippen MR) is 82.2 cm³/mol. The summed E-state index contributed by atoms with van der Waals surface area (Å²) in [6.07, 6.45) is 4.50. The van der Waals surface area contributed by atoms with E-state index in [4.69, 9.17) is 5.14 Å². The average Bonchev–Trinajstić information content (AvgIpc) is 2.47. The Morgan fingerprint density at radius 3 is 2.48 bits per heavy atom. The topological polar surface area (TPSA) is 92.4 Å². The van der Waals surface area contributed by atoms with Gasteiger partial charge in [-0.1, -0.05) is 25.0 Å². The molecule has 0 heterocycles. The van der Waals surface area contributed by atoms with Crippen LogP contribution in [-0.2, 0) is 10.0 Å². The minimum atomic E-state index is -3.64. The lowest BCUT2D eigenvalue weighted by molar-refractivity contribution is 0.147. The van der Waals surface area contributed by atoms with Crippen LogP contribution in [0.3, 0.4) is 0 Å². The van der Waals surface area contributed by atoms with Crippen molar-refractivity contribution in [1.82, 2.24) is 5.32 Å². The SMILES string of the molecule is CC(NC1CCCCC1CO)c1ccc(S(N)(=O)=O)cc1. The van der Waals surface area contributed by atoms with Crippen molar-refractivity contribution < 1.29 is 13.5 Å². The molecule has 118 valence electrons. The molecule has 0 radical (unpaired) electrons. The minimum Gasteiger partial charge on any atom is -0.396 e. The first-order valence-electron chi connectivity index (χ1n) is 7.41. The Bertz CT molecular complexity index is 557. The van der Waals surface area contributed by atoms with Crippen LogP contribution in [0.15, 0.2) is 29.2 Å². The summed E-state index contributed by atoms with van der Waals surface area (Å²) < 4.78 is 22.5. The molecule has 3 unspecified atom stereocenters. The van der Waals surface area contributed by atoms with Gasteiger partial charge in [0.1, 0.15) is 0 Å². The Kier molecular flexibility index (Phi) is 5.37. The summed E-state index contributed by atoms with van der Waals surface area (Å²) in [5.74, 6) is 0.310. The van der Waals surface area contributed by atoms with Crippen LogP contribution in [-0.4, -0.2) is 26.2 Å². The van der Waals surface area contributed by atoms with E-state index in [0.717, 1.165) is 18.4 Å². The van der Waals surface area contributed by atoms with E-state index in [1.807, 2.05) is 0 Å². The summed E-state index contributed by atoms with van der Waals surface area (Å²) in [5.41, 5.74) is 1.02. The smallest absolute Gasteiger partial charge is 0.238 e. The largest absolute Gasteiger partial charge is 0.396 e. The molecule has 3 atom stereocenters. The monoisotopic (exact) mass is 312 g/mol. The number of aliphatic hydroxyl groups is 1. The highest BCUT2D eigenvalue weighted by Gasteiger charge is 2.25. The van der Waals surface area contributed by atoms with Gasteiger partial charge in [0.05, 0.1) is 4.90 Å². The molecule has 1 aromatic carbocycles. The molecule has 0 saturated heterocycles. The molecule has 0 aromatic heterocycles. The molecule has 1 aliphatic rings. The molecule has 21 heavy (non-hydrogen) atoms. The van der Waals surface area contributed by atoms with E-state index in [0.29, 0.717) is 12.0 Å². The minimum absolute atomic E-state index is 0.108. The van der Waals surface area contributed by atoms with Crippen molar-refractivity contribution in [3.8, 4) is 0 Å². The van der Waals surface area contributed by atoms with Gasteiger partial charge < -0.3 is 10.4 Å². The Hall–Kier alpha value is -0.950. The number of nitrogens with one attached hydrogen (secondary N) is 1. The summed E-state index contributed by atoms with van der Waals surface area (Å²) in [6.45, 7) is 2.27. The molecule has 0 aliphatic heterocycles. The fraction of sp³-hybridized carbons (Fsp3) is 0.600. The van der Waals surface area contributed by atoms with Gasteiger partial charge in [0.15, 0.2) is 0 Å². The van der Waals surface area contributed by atoms with Gasteiger partial charge in [0.2, 0.25) is 10.0 Å². The van der Waals surface area contributed by atoms with Crippen LogP contribution in [0.25, 0.3) is 0 Å². The van der Waals surface area contributed by atoms with Gasteiger partial charge in [-0.3, -0.25) is 0 Å². The third-order valence-electron chi connectivity index (χ3n) is 4.32. The van der Waals surface area contributed by atoms with Crippen LogP contribution < -0.4 is 10.5 Å². The molecular formula is C15H24N2O3S. The van der Waals surface area contributed by atoms with Gasteiger partial charge in [0, 0.05) is 18.7 Å². The van der Waals surface area contributed by atoms with Crippen molar-refractivity contribution in [2.24, 2.45) is 11.1 Å². The molecule has 6 heteroatoms. The number of rotatable bonds is 5. The van der Waals surface area contributed by atoms with E-state index >= 15 is 0 Å². The summed E-state index contributed by atoms with van der Waals surface area (Å²) in [5, 5.41) is 18.1. The number of hydrogen-bond donors (Lipinski definition) is 3. The molecule has 1 fully saturated rings. The lowest BCUT2D eigenvalue weighted by atomic mass is 9.84. The van der Waals surface area contributed by atoms with Crippen molar-refractivity contribution in [3.05, 3.63) is 29.8 Å². The fourth-order valence-corrected chi connectivity index (χ4v) is 3.52. The third kappa shape index (κ3) is 4.26. The van der Waals surface area contributed by atoms with Gasteiger partial charge in [-0.2, -0.15) is 0 Å². The van der Waals surface area contributed by atoms with Crippen LogP contribution in [0.4, 0.5) is 0 Å². The first-order chi connectivity index (χ1) is 9.91. The number of hydrogen-bond acceptors (Lipinski definition) is 4. The van der Waals surface area contributed by atoms with E-state index in [1.54, 1.807) is 12.1 Å². The van der Waals surface area contributed by atoms with Crippen LogP contribution in [0.5, 0.6) is 0 Å². The number of sulfonamides is 1. The van der Waals surface area contributed by atoms with Crippen molar-refractivity contribution in [2.45, 2.75) is 49.6 Å². The average molecular weight is 312 g/mol. The predicted octanol–water partition coefficient (Wildman–Crippen LogP) is 1.54. The zero-order chi connectivity index (χ0) is 15.5. The van der Waals surface area contributed by atoms with Crippen LogP contribution in [0.1, 0.15) is 44.2 Å². The second-order valence-corrected chi connectivity index (χ2v) is 7.40. The molecule has 4 N–H and O–H groups in total. The molecule has 2 rings (SSSR count). The summed E-state index contributed by atoms with van der Waals surface area (Å²) in [4.78, 5) is 0.129. The molecule has 0 amide bonds. The Labute approximate surface area is 126 Å². The van der Waals surface area contributed by atoms with Gasteiger partial charge in [-0.05, 0) is 43.4 Å². The van der Waals surface area contributed by atoms with E-state index in [9.17, 15) is 13.5 Å². The number of nitrogens with two attached hydrogens (primary N) is 1. The Morgan fingerprint density at radius 2 is 1.90 bits per heavy atom. The summed E-state index contributed by atoms with van der Waals surface area (Å²) >= 11 is 0. The van der Waals surface area contributed by atoms with Gasteiger partial charge in [0.25, 0.3) is 0 Å². The van der Waals surface area contributed by atoms with E-state index < -0.39 is 10.0 Å². The summed E-state index contributed by atoms with van der Waals surface area (Å²) in [7, 11) is -3.64. The molecule has 1 aliphatic carbocycles. The quantitative estimate of drug-likeness (QED) is 0.769. The van der Waals surface area contributed by atoms with Crippen LogP contribution in [0.2, 0.25) is 0 Å². The number of primary sulfonamides is 1.